The van der Waals surface area contributed by atoms with Crippen LogP contribution in [0.5, 0.6) is 0 Å². The molecule has 32 heavy (non-hydrogen) atoms. The molecule has 1 heterocycles. The Balaban J connectivity index is 2.52. The number of rotatable bonds is 6. The van der Waals surface area contributed by atoms with Crippen LogP contribution in [-0.2, 0) is 21.4 Å². The molecule has 2 rings (SSSR count). The van der Waals surface area contributed by atoms with E-state index in [1.165, 1.54) is 14.1 Å². The number of carbonyl (C=O) groups is 2. The third-order valence-corrected chi connectivity index (χ3v) is 7.56. The highest BCUT2D eigenvalue weighted by molar-refractivity contribution is 9.10. The summed E-state index contributed by atoms with van der Waals surface area (Å²) in [6, 6.07) is 3.79. The summed E-state index contributed by atoms with van der Waals surface area (Å²) < 4.78 is 35.2. The molecule has 0 saturated carbocycles. The molecule has 0 saturated heterocycles. The Morgan fingerprint density at radius 1 is 1.19 bits per heavy atom. The topological polar surface area (TPSA) is 88.9 Å². The number of carbonyl (C=O) groups excluding carboxylic acids is 2. The van der Waals surface area contributed by atoms with Gasteiger partial charge in [-0.2, -0.15) is 17.0 Å². The molecule has 0 spiro atoms. The molecular formula is C22H32BrN3O5S. The lowest BCUT2D eigenvalue weighted by Crippen LogP contribution is -2.46. The Bertz CT molecular complexity index is 1130. The minimum atomic E-state index is -4.06. The van der Waals surface area contributed by atoms with E-state index in [1.54, 1.807) is 31.5 Å². The molecule has 0 unspecified atom stereocenters. The molecule has 0 aliphatic rings. The Morgan fingerprint density at radius 3 is 2.28 bits per heavy atom. The van der Waals surface area contributed by atoms with Crippen LogP contribution in [0.2, 0.25) is 0 Å². The second-order valence-corrected chi connectivity index (χ2v) is 12.1. The van der Waals surface area contributed by atoms with Crippen LogP contribution >= 0.6 is 15.9 Å². The summed E-state index contributed by atoms with van der Waals surface area (Å²) in [5, 5.41) is 0.839. The maximum atomic E-state index is 12.8. The highest BCUT2D eigenvalue weighted by Crippen LogP contribution is 2.31. The molecule has 0 radical (unpaired) electrons. The molecule has 0 fully saturated rings. The molecule has 0 N–H and O–H groups in total. The third-order valence-electron chi connectivity index (χ3n) is 4.89. The number of aromatic nitrogens is 1. The molecule has 0 bridgehead atoms. The molecule has 0 aliphatic carbocycles. The van der Waals surface area contributed by atoms with E-state index in [1.807, 2.05) is 32.9 Å². The van der Waals surface area contributed by atoms with E-state index in [2.05, 4.69) is 15.9 Å². The first-order chi connectivity index (χ1) is 14.6. The quantitative estimate of drug-likeness (QED) is 0.545. The van der Waals surface area contributed by atoms with Crippen LogP contribution in [0.1, 0.15) is 50.5 Å². The molecule has 0 atom stereocenters. The van der Waals surface area contributed by atoms with Gasteiger partial charge in [-0.25, -0.2) is 4.79 Å². The van der Waals surface area contributed by atoms with E-state index in [4.69, 9.17) is 4.74 Å². The summed E-state index contributed by atoms with van der Waals surface area (Å²) >= 11 is 3.52. The van der Waals surface area contributed by atoms with E-state index in [0.717, 1.165) is 35.1 Å². The lowest BCUT2D eigenvalue weighted by Gasteiger charge is -2.28. The van der Waals surface area contributed by atoms with Crippen LogP contribution in [-0.4, -0.2) is 59.8 Å². The molecule has 8 nitrogen and oxygen atoms in total. The number of ether oxygens (including phenoxy) is 1. The molecule has 1 amide bonds. The van der Waals surface area contributed by atoms with Gasteiger partial charge in [0.1, 0.15) is 5.60 Å². The average molecular weight is 530 g/mol. The number of amides is 1. The average Bonchev–Trinajstić information content (AvgIpc) is 3.01. The third kappa shape index (κ3) is 5.52. The summed E-state index contributed by atoms with van der Waals surface area (Å²) in [6.45, 7) is 10.5. The van der Waals surface area contributed by atoms with Crippen molar-refractivity contribution in [1.29, 1.82) is 0 Å². The van der Waals surface area contributed by atoms with Crippen molar-refractivity contribution in [2.24, 2.45) is 5.92 Å². The maximum absolute atomic E-state index is 12.8. The van der Waals surface area contributed by atoms with Gasteiger partial charge >= 0.3 is 16.3 Å². The van der Waals surface area contributed by atoms with Crippen LogP contribution in [0.4, 0.5) is 4.79 Å². The normalized spacial score (nSPS) is 12.6. The van der Waals surface area contributed by atoms with Crippen LogP contribution in [0.3, 0.4) is 0 Å². The van der Waals surface area contributed by atoms with Crippen LogP contribution in [0, 0.1) is 12.8 Å². The molecule has 178 valence electrons. The van der Waals surface area contributed by atoms with Crippen molar-refractivity contribution in [2.45, 2.75) is 53.6 Å². The van der Waals surface area contributed by atoms with Crippen molar-refractivity contribution < 1.29 is 22.7 Å². The van der Waals surface area contributed by atoms with Crippen LogP contribution in [0.15, 0.2) is 22.8 Å². The van der Waals surface area contributed by atoms with E-state index in [9.17, 15) is 18.0 Å². The fourth-order valence-electron chi connectivity index (χ4n) is 3.22. The van der Waals surface area contributed by atoms with Gasteiger partial charge in [0.2, 0.25) is 5.91 Å². The van der Waals surface area contributed by atoms with Gasteiger partial charge in [-0.15, -0.1) is 0 Å². The fraction of sp³-hybridized carbons (Fsp3) is 0.545. The van der Waals surface area contributed by atoms with E-state index < -0.39 is 21.9 Å². The Morgan fingerprint density at radius 2 is 1.78 bits per heavy atom. The van der Waals surface area contributed by atoms with Crippen molar-refractivity contribution in [2.75, 3.05) is 20.6 Å². The molecule has 10 heteroatoms. The zero-order valence-electron chi connectivity index (χ0n) is 19.9. The fourth-order valence-corrected chi connectivity index (χ4v) is 4.48. The van der Waals surface area contributed by atoms with Gasteiger partial charge in [-0.3, -0.25) is 9.36 Å². The van der Waals surface area contributed by atoms with E-state index in [-0.39, 0.29) is 24.8 Å². The highest BCUT2D eigenvalue weighted by atomic mass is 79.9. The lowest BCUT2D eigenvalue weighted by atomic mass is 10.1. The van der Waals surface area contributed by atoms with Gasteiger partial charge in [0.25, 0.3) is 0 Å². The first-order valence-electron chi connectivity index (χ1n) is 10.3. The largest absolute Gasteiger partial charge is 0.443 e. The summed E-state index contributed by atoms with van der Waals surface area (Å²) in [4.78, 5) is 25.6. The minimum Gasteiger partial charge on any atom is -0.443 e. The second kappa shape index (κ2) is 9.52. The predicted molar refractivity (Wildman–Crippen MR) is 129 cm³/mol. The second-order valence-electron chi connectivity index (χ2n) is 9.18. The van der Waals surface area contributed by atoms with Gasteiger partial charge in [0, 0.05) is 42.6 Å². The van der Waals surface area contributed by atoms with Crippen molar-refractivity contribution in [1.82, 2.24) is 13.2 Å². The van der Waals surface area contributed by atoms with Crippen LogP contribution < -0.4 is 0 Å². The number of halogens is 1. The molecule has 1 aromatic carbocycles. The summed E-state index contributed by atoms with van der Waals surface area (Å²) in [5.41, 5.74) is 1.60. The van der Waals surface area contributed by atoms with Crippen LogP contribution in [0.25, 0.3) is 10.9 Å². The highest BCUT2D eigenvalue weighted by Gasteiger charge is 2.33. The maximum Gasteiger partial charge on any atom is 0.425 e. The molecular weight excluding hydrogens is 498 g/mol. The van der Waals surface area contributed by atoms with Crippen molar-refractivity contribution in [3.63, 3.8) is 0 Å². The van der Waals surface area contributed by atoms with Crippen molar-refractivity contribution in [3.05, 3.63) is 33.9 Å². The van der Waals surface area contributed by atoms with Gasteiger partial charge in [0.05, 0.1) is 5.52 Å². The Hall–Kier alpha value is -1.91. The number of fused-ring (bicyclic) bond motifs is 1. The van der Waals surface area contributed by atoms with Crippen molar-refractivity contribution in [3.8, 4) is 0 Å². The molecule has 0 aliphatic heterocycles. The van der Waals surface area contributed by atoms with E-state index >= 15 is 0 Å². The van der Waals surface area contributed by atoms with Gasteiger partial charge < -0.3 is 4.74 Å². The first-order valence-corrected chi connectivity index (χ1v) is 12.5. The number of hydrogen-bond acceptors (Lipinski definition) is 5. The zero-order chi connectivity index (χ0) is 24.6. The number of aryl methyl sites for hydroxylation is 1. The standard InChI is InChI=1S/C22H32BrN3O5S/c1-14(2)20(27)25-13-16(17-9-10-18(23)15(3)19(17)25)11-12-26(32(29,30)24(7)8)21(28)31-22(4,5)6/h9-10,13-14H,11-12H2,1-8H3. The van der Waals surface area contributed by atoms with E-state index in [0.29, 0.717) is 0 Å². The molecule has 1 aromatic heterocycles. The Kier molecular flexibility index (Phi) is 7.84. The van der Waals surface area contributed by atoms with Gasteiger partial charge in [-0.05, 0) is 51.3 Å². The first kappa shape index (κ1) is 26.3. The summed E-state index contributed by atoms with van der Waals surface area (Å²) in [7, 11) is -1.34. The number of nitrogens with zero attached hydrogens (tertiary/aromatic N) is 3. The predicted octanol–water partition coefficient (Wildman–Crippen LogP) is 4.59. The molecule has 2 aromatic rings. The lowest BCUT2D eigenvalue weighted by molar-refractivity contribution is 0.0385. The summed E-state index contributed by atoms with van der Waals surface area (Å²) in [6.07, 6.45) is 1.02. The Labute approximate surface area is 198 Å². The zero-order valence-corrected chi connectivity index (χ0v) is 22.3. The number of hydrogen-bond donors (Lipinski definition) is 0. The summed E-state index contributed by atoms with van der Waals surface area (Å²) in [5.74, 6) is -0.281. The monoisotopic (exact) mass is 529 g/mol. The minimum absolute atomic E-state index is 0.0626. The van der Waals surface area contributed by atoms with Crippen molar-refractivity contribution >= 4 is 49.0 Å². The smallest absolute Gasteiger partial charge is 0.425 e. The number of benzene rings is 1. The van der Waals surface area contributed by atoms with Gasteiger partial charge in [-0.1, -0.05) is 35.8 Å². The SMILES string of the molecule is Cc1c(Br)ccc2c(CCN(C(=O)OC(C)(C)C)S(=O)(=O)N(C)C)cn(C(=O)C(C)C)c12. The van der Waals surface area contributed by atoms with Gasteiger partial charge in [0.15, 0.2) is 0 Å².